The molecule has 0 fully saturated rings. The fourth-order valence-corrected chi connectivity index (χ4v) is 3.45. The number of carbonyl (C=O) groups is 1. The lowest BCUT2D eigenvalue weighted by Crippen LogP contribution is -2.13. The first-order valence-electron chi connectivity index (χ1n) is 8.58. The van der Waals surface area contributed by atoms with Gasteiger partial charge < -0.3 is 11.6 Å². The summed E-state index contributed by atoms with van der Waals surface area (Å²) < 4.78 is 1.49. The maximum absolute atomic E-state index is 11.3. The highest BCUT2D eigenvalue weighted by atomic mass is 32.2. The van der Waals surface area contributed by atoms with Crippen LogP contribution < -0.4 is 11.6 Å². The van der Waals surface area contributed by atoms with Crippen molar-refractivity contribution in [2.24, 2.45) is 5.73 Å². The summed E-state index contributed by atoms with van der Waals surface area (Å²) in [5.74, 6) is 6.98. The number of carbonyl (C=O) groups excluding carboxylic acids is 1. The third-order valence-corrected chi connectivity index (χ3v) is 5.27. The summed E-state index contributed by atoms with van der Waals surface area (Å²) >= 11 is 1.46. The molecule has 1 aromatic heterocycles. The summed E-state index contributed by atoms with van der Waals surface area (Å²) in [5.41, 5.74) is 9.04. The molecule has 0 unspecified atom stereocenters. The molecule has 1 heterocycles. The van der Waals surface area contributed by atoms with E-state index in [4.69, 9.17) is 11.6 Å². The van der Waals surface area contributed by atoms with Crippen LogP contribution in [0.2, 0.25) is 0 Å². The Balaban J connectivity index is 1.76. The first kappa shape index (κ1) is 19.0. The standard InChI is InChI=1S/C20H23N5OS/c1-20(2,3)16-9-7-14(8-10-16)18-23-24-19(25(18)22)27-12-13-5-4-6-15(11-13)17(21)26/h4-11H,12,22H2,1-3H3,(H2,21,26). The topological polar surface area (TPSA) is 99.8 Å². The van der Waals surface area contributed by atoms with E-state index in [0.29, 0.717) is 22.3 Å². The van der Waals surface area contributed by atoms with Crippen molar-refractivity contribution in [1.29, 1.82) is 0 Å². The van der Waals surface area contributed by atoms with Crippen LogP contribution in [0.4, 0.5) is 0 Å². The minimum atomic E-state index is -0.440. The zero-order chi connectivity index (χ0) is 19.6. The number of amides is 1. The molecule has 0 aliphatic carbocycles. The SMILES string of the molecule is CC(C)(C)c1ccc(-c2nnc(SCc3cccc(C(N)=O)c3)n2N)cc1. The summed E-state index contributed by atoms with van der Waals surface area (Å²) in [5, 5.41) is 9.03. The Morgan fingerprint density at radius 2 is 1.81 bits per heavy atom. The van der Waals surface area contributed by atoms with Crippen molar-refractivity contribution in [3.05, 3.63) is 65.2 Å². The van der Waals surface area contributed by atoms with Crippen LogP contribution in [-0.4, -0.2) is 20.8 Å². The molecule has 7 heteroatoms. The van der Waals surface area contributed by atoms with Crippen molar-refractivity contribution >= 4 is 17.7 Å². The lowest BCUT2D eigenvalue weighted by atomic mass is 9.87. The van der Waals surface area contributed by atoms with Gasteiger partial charge in [-0.25, -0.2) is 4.68 Å². The van der Waals surface area contributed by atoms with E-state index in [-0.39, 0.29) is 5.41 Å². The van der Waals surface area contributed by atoms with Crippen LogP contribution in [0.1, 0.15) is 42.3 Å². The number of thioether (sulfide) groups is 1. The average molecular weight is 382 g/mol. The fraction of sp³-hybridized carbons (Fsp3) is 0.250. The Hall–Kier alpha value is -2.80. The van der Waals surface area contributed by atoms with E-state index in [9.17, 15) is 4.79 Å². The Kier molecular flexibility index (Phi) is 5.23. The van der Waals surface area contributed by atoms with Gasteiger partial charge >= 0.3 is 0 Å². The molecule has 140 valence electrons. The van der Waals surface area contributed by atoms with Gasteiger partial charge in [0.15, 0.2) is 5.82 Å². The van der Waals surface area contributed by atoms with Crippen LogP contribution in [0.5, 0.6) is 0 Å². The number of benzene rings is 2. The fourth-order valence-electron chi connectivity index (χ4n) is 2.65. The molecule has 0 radical (unpaired) electrons. The number of primary amides is 1. The Morgan fingerprint density at radius 1 is 1.11 bits per heavy atom. The molecule has 0 aliphatic rings. The van der Waals surface area contributed by atoms with Gasteiger partial charge in [-0.15, -0.1) is 10.2 Å². The minimum absolute atomic E-state index is 0.0926. The van der Waals surface area contributed by atoms with Gasteiger partial charge in [-0.05, 0) is 28.7 Å². The van der Waals surface area contributed by atoms with Crippen LogP contribution in [0.25, 0.3) is 11.4 Å². The van der Waals surface area contributed by atoms with Crippen molar-refractivity contribution in [1.82, 2.24) is 14.9 Å². The lowest BCUT2D eigenvalue weighted by molar-refractivity contribution is 0.1000. The lowest BCUT2D eigenvalue weighted by Gasteiger charge is -2.19. The van der Waals surface area contributed by atoms with Crippen LogP contribution >= 0.6 is 11.8 Å². The first-order valence-corrected chi connectivity index (χ1v) is 9.57. The van der Waals surface area contributed by atoms with E-state index in [1.54, 1.807) is 12.1 Å². The van der Waals surface area contributed by atoms with Crippen molar-refractivity contribution < 1.29 is 4.79 Å². The molecule has 0 atom stereocenters. The maximum atomic E-state index is 11.3. The molecule has 0 saturated carbocycles. The van der Waals surface area contributed by atoms with Gasteiger partial charge in [-0.1, -0.05) is 68.9 Å². The minimum Gasteiger partial charge on any atom is -0.366 e. The number of nitrogens with zero attached hydrogens (tertiary/aromatic N) is 3. The van der Waals surface area contributed by atoms with Gasteiger partial charge in [-0.3, -0.25) is 4.79 Å². The highest BCUT2D eigenvalue weighted by molar-refractivity contribution is 7.98. The van der Waals surface area contributed by atoms with Gasteiger partial charge in [0.2, 0.25) is 11.1 Å². The zero-order valence-electron chi connectivity index (χ0n) is 15.6. The highest BCUT2D eigenvalue weighted by Crippen LogP contribution is 2.27. The zero-order valence-corrected chi connectivity index (χ0v) is 16.5. The van der Waals surface area contributed by atoms with E-state index in [1.165, 1.54) is 22.0 Å². The Labute approximate surface area is 162 Å². The molecule has 2 aromatic carbocycles. The number of nitrogen functional groups attached to an aromatic ring is 1. The second-order valence-electron chi connectivity index (χ2n) is 7.36. The van der Waals surface area contributed by atoms with Gasteiger partial charge in [-0.2, -0.15) is 0 Å². The largest absolute Gasteiger partial charge is 0.366 e. The number of aromatic nitrogens is 3. The van der Waals surface area contributed by atoms with Crippen molar-refractivity contribution in [2.75, 3.05) is 5.84 Å². The van der Waals surface area contributed by atoms with E-state index >= 15 is 0 Å². The van der Waals surface area contributed by atoms with Gasteiger partial charge in [0.25, 0.3) is 0 Å². The smallest absolute Gasteiger partial charge is 0.248 e. The second-order valence-corrected chi connectivity index (χ2v) is 8.30. The summed E-state index contributed by atoms with van der Waals surface area (Å²) in [4.78, 5) is 11.3. The number of rotatable bonds is 5. The Bertz CT molecular complexity index is 957. The monoisotopic (exact) mass is 381 g/mol. The first-order chi connectivity index (χ1) is 12.8. The second kappa shape index (κ2) is 7.44. The molecule has 3 aromatic rings. The molecule has 4 N–H and O–H groups in total. The molecule has 6 nitrogen and oxygen atoms in total. The third-order valence-electron chi connectivity index (χ3n) is 4.25. The van der Waals surface area contributed by atoms with E-state index in [2.05, 4.69) is 43.1 Å². The van der Waals surface area contributed by atoms with Crippen LogP contribution in [-0.2, 0) is 11.2 Å². The molecule has 0 bridgehead atoms. The number of hydrogen-bond donors (Lipinski definition) is 2. The third kappa shape index (κ3) is 4.31. The quantitative estimate of drug-likeness (QED) is 0.521. The maximum Gasteiger partial charge on any atom is 0.248 e. The number of nitrogens with two attached hydrogens (primary N) is 2. The summed E-state index contributed by atoms with van der Waals surface area (Å²) in [6.07, 6.45) is 0. The van der Waals surface area contributed by atoms with Gasteiger partial charge in [0.1, 0.15) is 0 Å². The summed E-state index contributed by atoms with van der Waals surface area (Å²) in [7, 11) is 0. The molecular weight excluding hydrogens is 358 g/mol. The van der Waals surface area contributed by atoms with Crippen molar-refractivity contribution in [3.8, 4) is 11.4 Å². The highest BCUT2D eigenvalue weighted by Gasteiger charge is 2.16. The van der Waals surface area contributed by atoms with E-state index in [0.717, 1.165) is 11.1 Å². The van der Waals surface area contributed by atoms with Gasteiger partial charge in [0.05, 0.1) is 0 Å². The predicted molar refractivity (Wildman–Crippen MR) is 109 cm³/mol. The van der Waals surface area contributed by atoms with Crippen LogP contribution in [0.15, 0.2) is 53.7 Å². The molecule has 3 rings (SSSR count). The molecule has 0 spiro atoms. The summed E-state index contributed by atoms with van der Waals surface area (Å²) in [6, 6.07) is 15.4. The van der Waals surface area contributed by atoms with E-state index in [1.807, 2.05) is 24.3 Å². The molecule has 27 heavy (non-hydrogen) atoms. The van der Waals surface area contributed by atoms with Crippen LogP contribution in [0, 0.1) is 0 Å². The van der Waals surface area contributed by atoms with E-state index < -0.39 is 5.91 Å². The average Bonchev–Trinajstić information content (AvgIpc) is 3.00. The van der Waals surface area contributed by atoms with Gasteiger partial charge in [0, 0.05) is 16.9 Å². The molecule has 0 aliphatic heterocycles. The summed E-state index contributed by atoms with van der Waals surface area (Å²) in [6.45, 7) is 6.53. The predicted octanol–water partition coefficient (Wildman–Crippen LogP) is 3.35. The Morgan fingerprint density at radius 3 is 2.44 bits per heavy atom. The van der Waals surface area contributed by atoms with Crippen LogP contribution in [0.3, 0.4) is 0 Å². The number of hydrogen-bond acceptors (Lipinski definition) is 5. The normalized spacial score (nSPS) is 11.5. The van der Waals surface area contributed by atoms with Crippen molar-refractivity contribution in [2.45, 2.75) is 37.1 Å². The molecule has 1 amide bonds. The molecular formula is C20H23N5OS. The van der Waals surface area contributed by atoms with Crippen molar-refractivity contribution in [3.63, 3.8) is 0 Å². The molecule has 0 saturated heterocycles.